The second-order valence-electron chi connectivity index (χ2n) is 4.90. The number of aryl methyl sites for hydroxylation is 1. The Morgan fingerprint density at radius 3 is 2.38 bits per heavy atom. The van der Waals surface area contributed by atoms with E-state index >= 15 is 0 Å². The van der Waals surface area contributed by atoms with Gasteiger partial charge in [0.05, 0.1) is 0 Å². The summed E-state index contributed by atoms with van der Waals surface area (Å²) in [7, 11) is 0. The Bertz CT molecular complexity index is 623. The average Bonchev–Trinajstić information content (AvgIpc) is 2.48. The van der Waals surface area contributed by atoms with E-state index in [1.165, 1.54) is 11.1 Å². The van der Waals surface area contributed by atoms with E-state index in [9.17, 15) is 4.79 Å². The van der Waals surface area contributed by atoms with E-state index in [2.05, 4.69) is 10.6 Å². The molecule has 0 radical (unpaired) electrons. The molecule has 2 aromatic carbocycles. The van der Waals surface area contributed by atoms with Crippen LogP contribution in [0.4, 0.5) is 11.4 Å². The van der Waals surface area contributed by atoms with Crippen LogP contribution in [0.3, 0.4) is 0 Å². The van der Waals surface area contributed by atoms with Crippen LogP contribution in [-0.2, 0) is 11.3 Å². The van der Waals surface area contributed by atoms with E-state index in [4.69, 9.17) is 11.6 Å². The highest BCUT2D eigenvalue weighted by Gasteiger charge is 2.01. The molecule has 0 atom stereocenters. The van der Waals surface area contributed by atoms with Crippen LogP contribution in [0.5, 0.6) is 0 Å². The summed E-state index contributed by atoms with van der Waals surface area (Å²) < 4.78 is 0. The minimum absolute atomic E-state index is 0.0208. The maximum atomic E-state index is 11.3. The van der Waals surface area contributed by atoms with Crippen molar-refractivity contribution in [1.29, 1.82) is 0 Å². The van der Waals surface area contributed by atoms with Crippen molar-refractivity contribution in [1.82, 2.24) is 0 Å². The first-order chi connectivity index (χ1) is 10.1. The summed E-state index contributed by atoms with van der Waals surface area (Å²) in [5, 5.41) is 6.94. The van der Waals surface area contributed by atoms with E-state index in [1.54, 1.807) is 0 Å². The lowest BCUT2D eigenvalue weighted by molar-refractivity contribution is -0.115. The molecule has 0 aliphatic heterocycles. The van der Waals surface area contributed by atoms with Gasteiger partial charge < -0.3 is 10.6 Å². The van der Waals surface area contributed by atoms with Crippen LogP contribution in [0, 0.1) is 6.92 Å². The first kappa shape index (κ1) is 15.4. The third kappa shape index (κ3) is 4.50. The number of rotatable bonds is 5. The molecule has 3 nitrogen and oxygen atoms in total. The standard InChI is InChI=1S/C17H19ClN2O/c1-3-17(21)20-16-8-6-15(7-9-16)19-11-13-4-5-14(18)10-12(13)2/h4-10,19H,3,11H2,1-2H3,(H,20,21). The lowest BCUT2D eigenvalue weighted by Gasteiger charge is -2.10. The number of benzene rings is 2. The molecule has 21 heavy (non-hydrogen) atoms. The Hall–Kier alpha value is -2.00. The minimum Gasteiger partial charge on any atom is -0.381 e. The minimum atomic E-state index is 0.0208. The number of amides is 1. The van der Waals surface area contributed by atoms with Crippen LogP contribution in [0.15, 0.2) is 42.5 Å². The zero-order valence-corrected chi connectivity index (χ0v) is 13.0. The van der Waals surface area contributed by atoms with Gasteiger partial charge in [-0.25, -0.2) is 0 Å². The molecule has 1 amide bonds. The van der Waals surface area contributed by atoms with Gasteiger partial charge >= 0.3 is 0 Å². The van der Waals surface area contributed by atoms with Crippen molar-refractivity contribution in [2.75, 3.05) is 10.6 Å². The molecule has 110 valence electrons. The summed E-state index contributed by atoms with van der Waals surface area (Å²) in [5.41, 5.74) is 4.21. The predicted octanol–water partition coefficient (Wildman–Crippen LogP) is 4.61. The third-order valence-corrected chi connectivity index (χ3v) is 3.51. The van der Waals surface area contributed by atoms with Crippen molar-refractivity contribution in [3.8, 4) is 0 Å². The van der Waals surface area contributed by atoms with Crippen molar-refractivity contribution in [3.63, 3.8) is 0 Å². The molecule has 4 heteroatoms. The normalized spacial score (nSPS) is 10.2. The predicted molar refractivity (Wildman–Crippen MR) is 88.9 cm³/mol. The highest BCUT2D eigenvalue weighted by Crippen LogP contribution is 2.18. The van der Waals surface area contributed by atoms with Crippen molar-refractivity contribution >= 4 is 28.9 Å². The van der Waals surface area contributed by atoms with Gasteiger partial charge in [0.1, 0.15) is 0 Å². The van der Waals surface area contributed by atoms with Crippen LogP contribution in [-0.4, -0.2) is 5.91 Å². The molecule has 0 bridgehead atoms. The lowest BCUT2D eigenvalue weighted by atomic mass is 10.1. The number of hydrogen-bond acceptors (Lipinski definition) is 2. The lowest BCUT2D eigenvalue weighted by Crippen LogP contribution is -2.09. The molecule has 2 rings (SSSR count). The van der Waals surface area contributed by atoms with Gasteiger partial charge in [-0.2, -0.15) is 0 Å². The summed E-state index contributed by atoms with van der Waals surface area (Å²) in [6.07, 6.45) is 0.482. The van der Waals surface area contributed by atoms with Gasteiger partial charge in [-0.3, -0.25) is 4.79 Å². The van der Waals surface area contributed by atoms with Crippen molar-refractivity contribution in [2.45, 2.75) is 26.8 Å². The van der Waals surface area contributed by atoms with Gasteiger partial charge in [0.15, 0.2) is 0 Å². The maximum Gasteiger partial charge on any atom is 0.224 e. The molecule has 0 heterocycles. The number of nitrogens with one attached hydrogen (secondary N) is 2. The smallest absolute Gasteiger partial charge is 0.224 e. The van der Waals surface area contributed by atoms with E-state index in [0.29, 0.717) is 6.42 Å². The summed E-state index contributed by atoms with van der Waals surface area (Å²) >= 11 is 5.95. The molecule has 0 unspecified atom stereocenters. The maximum absolute atomic E-state index is 11.3. The van der Waals surface area contributed by atoms with Crippen LogP contribution in [0.2, 0.25) is 5.02 Å². The number of anilines is 2. The molecule has 0 fully saturated rings. The number of carbonyl (C=O) groups is 1. The Balaban J connectivity index is 1.96. The van der Waals surface area contributed by atoms with Gasteiger partial charge in [0.25, 0.3) is 0 Å². The number of halogens is 1. The molecular weight excluding hydrogens is 284 g/mol. The highest BCUT2D eigenvalue weighted by molar-refractivity contribution is 6.30. The molecule has 0 saturated heterocycles. The Labute approximate surface area is 130 Å². The van der Waals surface area contributed by atoms with E-state index in [1.807, 2.05) is 56.3 Å². The van der Waals surface area contributed by atoms with Gasteiger partial charge in [-0.15, -0.1) is 0 Å². The summed E-state index contributed by atoms with van der Waals surface area (Å²) in [6.45, 7) is 4.62. The Morgan fingerprint density at radius 1 is 1.10 bits per heavy atom. The van der Waals surface area contributed by atoms with Crippen LogP contribution in [0.1, 0.15) is 24.5 Å². The summed E-state index contributed by atoms with van der Waals surface area (Å²) in [4.78, 5) is 11.3. The Kier molecular flexibility index (Phi) is 5.23. The van der Waals surface area contributed by atoms with Crippen molar-refractivity contribution in [3.05, 3.63) is 58.6 Å². The quantitative estimate of drug-likeness (QED) is 0.847. The molecule has 2 N–H and O–H groups in total. The monoisotopic (exact) mass is 302 g/mol. The largest absolute Gasteiger partial charge is 0.381 e. The summed E-state index contributed by atoms with van der Waals surface area (Å²) in [6, 6.07) is 13.6. The van der Waals surface area contributed by atoms with Crippen LogP contribution in [0.25, 0.3) is 0 Å². The molecule has 0 aliphatic carbocycles. The van der Waals surface area contributed by atoms with Crippen molar-refractivity contribution < 1.29 is 4.79 Å². The fraction of sp³-hybridized carbons (Fsp3) is 0.235. The molecule has 0 spiro atoms. The van der Waals surface area contributed by atoms with Gasteiger partial charge in [-0.05, 0) is 54.4 Å². The fourth-order valence-corrected chi connectivity index (χ4v) is 2.20. The summed E-state index contributed by atoms with van der Waals surface area (Å²) in [5.74, 6) is 0.0208. The number of hydrogen-bond donors (Lipinski definition) is 2. The molecule has 0 saturated carbocycles. The van der Waals surface area contributed by atoms with E-state index in [0.717, 1.165) is 22.9 Å². The van der Waals surface area contributed by atoms with E-state index in [-0.39, 0.29) is 5.91 Å². The molecular formula is C17H19ClN2O. The van der Waals surface area contributed by atoms with Gasteiger partial charge in [-0.1, -0.05) is 24.6 Å². The average molecular weight is 303 g/mol. The van der Waals surface area contributed by atoms with Crippen LogP contribution < -0.4 is 10.6 Å². The molecule has 0 aliphatic rings. The van der Waals surface area contributed by atoms with Crippen LogP contribution >= 0.6 is 11.6 Å². The topological polar surface area (TPSA) is 41.1 Å². The SMILES string of the molecule is CCC(=O)Nc1ccc(NCc2ccc(Cl)cc2C)cc1. The van der Waals surface area contributed by atoms with Crippen molar-refractivity contribution in [2.24, 2.45) is 0 Å². The second-order valence-corrected chi connectivity index (χ2v) is 5.34. The zero-order valence-electron chi connectivity index (χ0n) is 12.2. The number of carbonyl (C=O) groups excluding carboxylic acids is 1. The third-order valence-electron chi connectivity index (χ3n) is 3.28. The first-order valence-corrected chi connectivity index (χ1v) is 7.35. The van der Waals surface area contributed by atoms with E-state index < -0.39 is 0 Å². The molecule has 0 aromatic heterocycles. The highest BCUT2D eigenvalue weighted by atomic mass is 35.5. The Morgan fingerprint density at radius 2 is 1.76 bits per heavy atom. The zero-order chi connectivity index (χ0) is 15.2. The first-order valence-electron chi connectivity index (χ1n) is 6.97. The fourth-order valence-electron chi connectivity index (χ4n) is 1.98. The molecule has 2 aromatic rings. The van der Waals surface area contributed by atoms with Gasteiger partial charge in [0.2, 0.25) is 5.91 Å². The second kappa shape index (κ2) is 7.14. The van der Waals surface area contributed by atoms with Gasteiger partial charge in [0, 0.05) is 29.4 Å².